The summed E-state index contributed by atoms with van der Waals surface area (Å²) < 4.78 is 40.2. The van der Waals surface area contributed by atoms with Crippen molar-refractivity contribution in [3.63, 3.8) is 0 Å². The van der Waals surface area contributed by atoms with Crippen molar-refractivity contribution < 1.29 is 27.8 Å². The number of amides is 2. The number of alkyl halides is 2. The van der Waals surface area contributed by atoms with E-state index < -0.39 is 12.6 Å². The minimum atomic E-state index is -2.98. The standard InChI is InChI=1S/C18H20F2N2O4S/c1-18(2,15-4-3-5-27-15)9-22-17(23)21-8-11-6-13-14(25-10-24-13)7-12(11)26-16(19)20/h3-7,16H,8-10H2,1-2H3,(H2,21,22,23). The average molecular weight is 398 g/mol. The van der Waals surface area contributed by atoms with Gasteiger partial charge in [0.1, 0.15) is 5.75 Å². The lowest BCUT2D eigenvalue weighted by Crippen LogP contribution is -2.41. The van der Waals surface area contributed by atoms with Crippen LogP contribution in [0.1, 0.15) is 24.3 Å². The van der Waals surface area contributed by atoms with Crippen molar-refractivity contribution in [1.82, 2.24) is 10.6 Å². The van der Waals surface area contributed by atoms with Gasteiger partial charge in [0.15, 0.2) is 11.5 Å². The molecule has 27 heavy (non-hydrogen) atoms. The zero-order valence-electron chi connectivity index (χ0n) is 14.9. The van der Waals surface area contributed by atoms with E-state index in [1.165, 1.54) is 12.1 Å². The van der Waals surface area contributed by atoms with Crippen molar-refractivity contribution in [3.8, 4) is 17.2 Å². The molecule has 0 aliphatic carbocycles. The molecule has 0 unspecified atom stereocenters. The maximum absolute atomic E-state index is 12.6. The van der Waals surface area contributed by atoms with Gasteiger partial charge in [0.2, 0.25) is 6.79 Å². The molecule has 0 fully saturated rings. The molecule has 9 heteroatoms. The third kappa shape index (κ3) is 4.79. The fourth-order valence-corrected chi connectivity index (χ4v) is 3.45. The smallest absolute Gasteiger partial charge is 0.387 e. The summed E-state index contributed by atoms with van der Waals surface area (Å²) in [4.78, 5) is 13.3. The highest BCUT2D eigenvalue weighted by Gasteiger charge is 2.23. The largest absolute Gasteiger partial charge is 0.454 e. The Labute approximate surface area is 159 Å². The van der Waals surface area contributed by atoms with E-state index in [9.17, 15) is 13.6 Å². The first-order chi connectivity index (χ1) is 12.8. The Kier molecular flexibility index (Phi) is 5.69. The Balaban J connectivity index is 1.60. The zero-order valence-corrected chi connectivity index (χ0v) is 15.7. The van der Waals surface area contributed by atoms with E-state index >= 15 is 0 Å². The van der Waals surface area contributed by atoms with Crippen molar-refractivity contribution in [2.45, 2.75) is 32.4 Å². The highest BCUT2D eigenvalue weighted by atomic mass is 32.1. The number of benzene rings is 1. The number of fused-ring (bicyclic) bond motifs is 1. The Morgan fingerprint density at radius 3 is 2.70 bits per heavy atom. The Morgan fingerprint density at radius 2 is 2.04 bits per heavy atom. The number of nitrogens with one attached hydrogen (secondary N) is 2. The van der Waals surface area contributed by atoms with Gasteiger partial charge in [-0.1, -0.05) is 19.9 Å². The second kappa shape index (κ2) is 7.99. The predicted molar refractivity (Wildman–Crippen MR) is 96.8 cm³/mol. The molecule has 3 rings (SSSR count). The van der Waals surface area contributed by atoms with Crippen LogP contribution < -0.4 is 24.8 Å². The molecular formula is C18H20F2N2O4S. The molecule has 0 radical (unpaired) electrons. The molecule has 2 N–H and O–H groups in total. The van der Waals surface area contributed by atoms with E-state index in [4.69, 9.17) is 9.47 Å². The minimum absolute atomic E-state index is 0.00393. The van der Waals surface area contributed by atoms with Crippen LogP contribution in [0.2, 0.25) is 0 Å². The Bertz CT molecular complexity index is 797. The third-order valence-corrected chi connectivity index (χ3v) is 5.33. The highest BCUT2D eigenvalue weighted by molar-refractivity contribution is 7.10. The molecule has 2 heterocycles. The summed E-state index contributed by atoms with van der Waals surface area (Å²) in [5.74, 6) is 0.692. The summed E-state index contributed by atoms with van der Waals surface area (Å²) in [7, 11) is 0. The summed E-state index contributed by atoms with van der Waals surface area (Å²) >= 11 is 1.63. The van der Waals surface area contributed by atoms with Gasteiger partial charge in [-0.15, -0.1) is 11.3 Å². The van der Waals surface area contributed by atoms with Crippen molar-refractivity contribution in [3.05, 3.63) is 40.1 Å². The highest BCUT2D eigenvalue weighted by Crippen LogP contribution is 2.38. The van der Waals surface area contributed by atoms with Gasteiger partial charge in [0.05, 0.1) is 0 Å². The third-order valence-electron chi connectivity index (χ3n) is 4.09. The van der Waals surface area contributed by atoms with Gasteiger partial charge in [0, 0.05) is 35.0 Å². The zero-order chi connectivity index (χ0) is 19.4. The summed E-state index contributed by atoms with van der Waals surface area (Å²) in [6.07, 6.45) is 0. The van der Waals surface area contributed by atoms with Gasteiger partial charge < -0.3 is 24.8 Å². The van der Waals surface area contributed by atoms with Gasteiger partial charge >= 0.3 is 12.6 Å². The van der Waals surface area contributed by atoms with Crippen LogP contribution in [-0.4, -0.2) is 26.0 Å². The summed E-state index contributed by atoms with van der Waals surface area (Å²) in [5, 5.41) is 7.45. The second-order valence-corrected chi connectivity index (χ2v) is 7.54. The molecule has 0 bridgehead atoms. The predicted octanol–water partition coefficient (Wildman–Crippen LogP) is 3.86. The van der Waals surface area contributed by atoms with Crippen LogP contribution in [0.4, 0.5) is 13.6 Å². The van der Waals surface area contributed by atoms with E-state index in [2.05, 4.69) is 15.4 Å². The first-order valence-corrected chi connectivity index (χ1v) is 9.16. The van der Waals surface area contributed by atoms with Gasteiger partial charge in [0.25, 0.3) is 0 Å². The van der Waals surface area contributed by atoms with E-state index in [1.54, 1.807) is 11.3 Å². The van der Waals surface area contributed by atoms with Crippen LogP contribution in [0.3, 0.4) is 0 Å². The van der Waals surface area contributed by atoms with Gasteiger partial charge in [-0.05, 0) is 17.5 Å². The number of hydrogen-bond acceptors (Lipinski definition) is 5. The van der Waals surface area contributed by atoms with Crippen molar-refractivity contribution in [2.24, 2.45) is 0 Å². The first kappa shape index (κ1) is 19.2. The molecule has 0 spiro atoms. The molecule has 0 atom stereocenters. The normalized spacial score (nSPS) is 12.9. The molecule has 1 aliphatic rings. The van der Waals surface area contributed by atoms with Crippen LogP contribution >= 0.6 is 11.3 Å². The van der Waals surface area contributed by atoms with Gasteiger partial charge in [-0.3, -0.25) is 0 Å². The van der Waals surface area contributed by atoms with Crippen molar-refractivity contribution in [1.29, 1.82) is 0 Å². The number of ether oxygens (including phenoxy) is 3. The molecule has 1 aromatic heterocycles. The van der Waals surface area contributed by atoms with Crippen LogP contribution in [-0.2, 0) is 12.0 Å². The van der Waals surface area contributed by atoms with E-state index in [0.717, 1.165) is 4.88 Å². The molecule has 146 valence electrons. The maximum Gasteiger partial charge on any atom is 0.387 e. The Hall–Kier alpha value is -2.55. The van der Waals surface area contributed by atoms with Crippen LogP contribution in [0.15, 0.2) is 29.6 Å². The van der Waals surface area contributed by atoms with Crippen LogP contribution in [0.5, 0.6) is 17.2 Å². The molecule has 6 nitrogen and oxygen atoms in total. The molecular weight excluding hydrogens is 378 g/mol. The van der Waals surface area contributed by atoms with Crippen LogP contribution in [0.25, 0.3) is 0 Å². The van der Waals surface area contributed by atoms with Crippen molar-refractivity contribution >= 4 is 17.4 Å². The number of halogens is 2. The topological polar surface area (TPSA) is 68.8 Å². The lowest BCUT2D eigenvalue weighted by atomic mass is 9.91. The van der Waals surface area contributed by atoms with E-state index in [1.807, 2.05) is 31.4 Å². The van der Waals surface area contributed by atoms with Gasteiger partial charge in [-0.2, -0.15) is 8.78 Å². The summed E-state index contributed by atoms with van der Waals surface area (Å²) in [5.41, 5.74) is 0.154. The summed E-state index contributed by atoms with van der Waals surface area (Å²) in [6, 6.07) is 6.44. The minimum Gasteiger partial charge on any atom is -0.454 e. The number of urea groups is 1. The molecule has 2 aromatic rings. The van der Waals surface area contributed by atoms with Crippen molar-refractivity contribution in [2.75, 3.05) is 13.3 Å². The quantitative estimate of drug-likeness (QED) is 0.743. The van der Waals surface area contributed by atoms with E-state index in [-0.39, 0.29) is 24.5 Å². The van der Waals surface area contributed by atoms with Crippen LogP contribution in [0, 0.1) is 0 Å². The number of thiophene rings is 1. The first-order valence-electron chi connectivity index (χ1n) is 8.28. The number of carbonyl (C=O) groups excluding carboxylic acids is 1. The number of rotatable bonds is 7. The maximum atomic E-state index is 12.6. The fourth-order valence-electron chi connectivity index (χ4n) is 2.60. The monoisotopic (exact) mass is 398 g/mol. The fraction of sp³-hybridized carbons (Fsp3) is 0.389. The van der Waals surface area contributed by atoms with Gasteiger partial charge in [-0.25, -0.2) is 4.79 Å². The number of carbonyl (C=O) groups is 1. The van der Waals surface area contributed by atoms with E-state index in [0.29, 0.717) is 23.6 Å². The number of hydrogen-bond donors (Lipinski definition) is 2. The molecule has 2 amide bonds. The molecule has 0 saturated carbocycles. The summed E-state index contributed by atoms with van der Waals surface area (Å²) in [6.45, 7) is 1.53. The average Bonchev–Trinajstić information content (AvgIpc) is 3.29. The molecule has 1 aromatic carbocycles. The lowest BCUT2D eigenvalue weighted by Gasteiger charge is -2.23. The lowest BCUT2D eigenvalue weighted by molar-refractivity contribution is -0.0505. The molecule has 0 saturated heterocycles. The molecule has 1 aliphatic heterocycles. The second-order valence-electron chi connectivity index (χ2n) is 6.59. The SMILES string of the molecule is CC(C)(CNC(=O)NCc1cc2c(cc1OC(F)F)OCO2)c1cccs1. The Morgan fingerprint density at radius 1 is 1.30 bits per heavy atom.